The van der Waals surface area contributed by atoms with Crippen molar-refractivity contribution in [2.75, 3.05) is 26.2 Å². The molecule has 1 aromatic carbocycles. The van der Waals surface area contributed by atoms with E-state index in [1.807, 2.05) is 6.07 Å². The lowest BCUT2D eigenvalue weighted by Gasteiger charge is -2.26. The number of hydrogen-bond acceptors (Lipinski definition) is 3. The van der Waals surface area contributed by atoms with Crippen LogP contribution in [0, 0.1) is 0 Å². The predicted molar refractivity (Wildman–Crippen MR) is 77.6 cm³/mol. The van der Waals surface area contributed by atoms with Crippen LogP contribution in [0.4, 0.5) is 4.79 Å². The van der Waals surface area contributed by atoms with Crippen molar-refractivity contribution in [1.29, 1.82) is 0 Å². The highest BCUT2D eigenvalue weighted by atomic mass is 35.5. The number of halogens is 2. The number of benzene rings is 1. The molecule has 1 fully saturated rings. The van der Waals surface area contributed by atoms with E-state index >= 15 is 0 Å². The first-order valence-corrected chi connectivity index (χ1v) is 7.03. The normalized spacial score (nSPS) is 23.4. The fraction of sp³-hybridized carbons (Fsp3) is 0.462. The van der Waals surface area contributed by atoms with Gasteiger partial charge in [0.2, 0.25) is 0 Å². The maximum absolute atomic E-state index is 11.2. The van der Waals surface area contributed by atoms with Crippen LogP contribution >= 0.6 is 23.2 Å². The number of nitrogens with zero attached hydrogens (tertiary/aromatic N) is 1. The third-order valence-electron chi connectivity index (χ3n) is 3.43. The van der Waals surface area contributed by atoms with E-state index in [0.29, 0.717) is 36.3 Å². The van der Waals surface area contributed by atoms with E-state index in [9.17, 15) is 9.90 Å². The van der Waals surface area contributed by atoms with Gasteiger partial charge >= 0.3 is 6.09 Å². The Morgan fingerprint density at radius 1 is 1.45 bits per heavy atom. The summed E-state index contributed by atoms with van der Waals surface area (Å²) >= 11 is 11.9. The van der Waals surface area contributed by atoms with Crippen molar-refractivity contribution in [3.05, 3.63) is 33.8 Å². The van der Waals surface area contributed by atoms with E-state index in [1.165, 1.54) is 4.90 Å². The van der Waals surface area contributed by atoms with Gasteiger partial charge < -0.3 is 20.5 Å². The summed E-state index contributed by atoms with van der Waals surface area (Å²) in [7, 11) is 0. The number of ether oxygens (including phenoxy) is 1. The summed E-state index contributed by atoms with van der Waals surface area (Å²) in [5, 5.41) is 10.1. The third kappa shape index (κ3) is 3.35. The Balaban J connectivity index is 2.31. The summed E-state index contributed by atoms with van der Waals surface area (Å²) in [5.74, 6) is -0.159. The summed E-state index contributed by atoms with van der Waals surface area (Å²) in [5.41, 5.74) is 6.62. The van der Waals surface area contributed by atoms with Crippen LogP contribution in [0.3, 0.4) is 0 Å². The van der Waals surface area contributed by atoms with Gasteiger partial charge in [0, 0.05) is 25.6 Å². The number of amides is 1. The molecule has 1 aliphatic rings. The van der Waals surface area contributed by atoms with Crippen LogP contribution in [0.15, 0.2) is 18.2 Å². The highest BCUT2D eigenvalue weighted by Gasteiger charge is 2.30. The van der Waals surface area contributed by atoms with Gasteiger partial charge in [0.25, 0.3) is 0 Å². The first kappa shape index (κ1) is 15.4. The number of rotatable bonds is 2. The van der Waals surface area contributed by atoms with Gasteiger partial charge in [-0.1, -0.05) is 29.3 Å². The minimum atomic E-state index is -0.962. The second kappa shape index (κ2) is 6.63. The average molecular weight is 319 g/mol. The second-order valence-corrected chi connectivity index (χ2v) is 5.47. The molecular weight excluding hydrogens is 303 g/mol. The standard InChI is InChI=1S/C13H16Cl2N2O3/c14-10-2-1-8(5-11(10)15)9-7-17(13(18)19)3-4-20-12(9)6-16/h1-2,5,9,12H,3-4,6-7,16H2,(H,18,19)/t9-,12-/m1/s1. The van der Waals surface area contributed by atoms with Crippen molar-refractivity contribution in [3.63, 3.8) is 0 Å². The van der Waals surface area contributed by atoms with Gasteiger partial charge in [0.05, 0.1) is 22.8 Å². The van der Waals surface area contributed by atoms with E-state index in [0.717, 1.165) is 5.56 Å². The molecule has 0 unspecified atom stereocenters. The maximum Gasteiger partial charge on any atom is 0.407 e. The van der Waals surface area contributed by atoms with E-state index in [-0.39, 0.29) is 12.0 Å². The quantitative estimate of drug-likeness (QED) is 0.878. The molecule has 0 saturated carbocycles. The minimum absolute atomic E-state index is 0.159. The number of hydrogen-bond donors (Lipinski definition) is 2. The molecule has 3 N–H and O–H groups in total. The lowest BCUT2D eigenvalue weighted by Crippen LogP contribution is -2.37. The molecule has 1 aliphatic heterocycles. The summed E-state index contributed by atoms with van der Waals surface area (Å²) in [4.78, 5) is 12.5. The zero-order chi connectivity index (χ0) is 14.7. The van der Waals surface area contributed by atoms with Crippen LogP contribution in [0.2, 0.25) is 10.0 Å². The Labute approximate surface area is 127 Å². The summed E-state index contributed by atoms with van der Waals surface area (Å²) in [6.07, 6.45) is -1.20. The molecule has 0 radical (unpaired) electrons. The molecule has 0 bridgehead atoms. The Morgan fingerprint density at radius 2 is 2.20 bits per heavy atom. The molecule has 1 saturated heterocycles. The number of carboxylic acid groups (broad SMARTS) is 1. The molecule has 0 aliphatic carbocycles. The van der Waals surface area contributed by atoms with Gasteiger partial charge in [-0.15, -0.1) is 0 Å². The average Bonchev–Trinajstić information content (AvgIpc) is 2.64. The van der Waals surface area contributed by atoms with Crippen LogP contribution in [0.5, 0.6) is 0 Å². The Bertz CT molecular complexity index is 499. The first-order valence-electron chi connectivity index (χ1n) is 6.27. The van der Waals surface area contributed by atoms with Gasteiger partial charge in [-0.3, -0.25) is 0 Å². The zero-order valence-electron chi connectivity index (χ0n) is 10.8. The molecule has 20 heavy (non-hydrogen) atoms. The van der Waals surface area contributed by atoms with Gasteiger partial charge in [0.15, 0.2) is 0 Å². The third-order valence-corrected chi connectivity index (χ3v) is 4.17. The van der Waals surface area contributed by atoms with Gasteiger partial charge in [0.1, 0.15) is 0 Å². The summed E-state index contributed by atoms with van der Waals surface area (Å²) < 4.78 is 5.66. The highest BCUT2D eigenvalue weighted by molar-refractivity contribution is 6.42. The van der Waals surface area contributed by atoms with E-state index in [4.69, 9.17) is 33.7 Å². The SMILES string of the molecule is NC[C@H]1OCCN(C(=O)O)C[C@@H]1c1ccc(Cl)c(Cl)c1. The van der Waals surface area contributed by atoms with Gasteiger partial charge in [-0.05, 0) is 17.7 Å². The monoisotopic (exact) mass is 318 g/mol. The van der Waals surface area contributed by atoms with Crippen molar-refractivity contribution in [2.45, 2.75) is 12.0 Å². The molecule has 110 valence electrons. The van der Waals surface area contributed by atoms with Crippen LogP contribution in [0.25, 0.3) is 0 Å². The number of carbonyl (C=O) groups is 1. The zero-order valence-corrected chi connectivity index (χ0v) is 12.3. The van der Waals surface area contributed by atoms with E-state index in [2.05, 4.69) is 0 Å². The van der Waals surface area contributed by atoms with Gasteiger partial charge in [-0.2, -0.15) is 0 Å². The molecule has 0 spiro atoms. The molecule has 1 amide bonds. The predicted octanol–water partition coefficient (Wildman–Crippen LogP) is 2.41. The molecule has 1 aromatic rings. The second-order valence-electron chi connectivity index (χ2n) is 4.65. The Kier molecular flexibility index (Phi) is 5.10. The molecule has 5 nitrogen and oxygen atoms in total. The fourth-order valence-corrected chi connectivity index (χ4v) is 2.65. The fourth-order valence-electron chi connectivity index (χ4n) is 2.35. The van der Waals surface area contributed by atoms with Crippen molar-refractivity contribution >= 4 is 29.3 Å². The molecule has 2 atom stereocenters. The Morgan fingerprint density at radius 3 is 2.80 bits per heavy atom. The van der Waals surface area contributed by atoms with E-state index < -0.39 is 6.09 Å². The molecule has 2 rings (SSSR count). The minimum Gasteiger partial charge on any atom is -0.465 e. The topological polar surface area (TPSA) is 75.8 Å². The van der Waals surface area contributed by atoms with E-state index in [1.54, 1.807) is 12.1 Å². The highest BCUT2D eigenvalue weighted by Crippen LogP contribution is 2.30. The molecule has 7 heteroatoms. The van der Waals surface area contributed by atoms with Crippen LogP contribution in [-0.2, 0) is 4.74 Å². The molecule has 0 aromatic heterocycles. The van der Waals surface area contributed by atoms with Crippen molar-refractivity contribution < 1.29 is 14.6 Å². The van der Waals surface area contributed by atoms with Crippen LogP contribution in [0.1, 0.15) is 11.5 Å². The Hall–Kier alpha value is -1.01. The number of nitrogens with two attached hydrogens (primary N) is 1. The van der Waals surface area contributed by atoms with Crippen LogP contribution < -0.4 is 5.73 Å². The smallest absolute Gasteiger partial charge is 0.407 e. The summed E-state index contributed by atoms with van der Waals surface area (Å²) in [6.45, 7) is 1.32. The van der Waals surface area contributed by atoms with Crippen molar-refractivity contribution in [3.8, 4) is 0 Å². The maximum atomic E-state index is 11.2. The van der Waals surface area contributed by atoms with Crippen LogP contribution in [-0.4, -0.2) is 48.4 Å². The first-order chi connectivity index (χ1) is 9.52. The lowest BCUT2D eigenvalue weighted by atomic mass is 9.93. The largest absolute Gasteiger partial charge is 0.465 e. The summed E-state index contributed by atoms with van der Waals surface area (Å²) in [6, 6.07) is 5.27. The molecule has 1 heterocycles. The van der Waals surface area contributed by atoms with Crippen molar-refractivity contribution in [2.24, 2.45) is 5.73 Å². The van der Waals surface area contributed by atoms with Gasteiger partial charge in [-0.25, -0.2) is 4.79 Å². The van der Waals surface area contributed by atoms with Crippen molar-refractivity contribution in [1.82, 2.24) is 4.90 Å². The lowest BCUT2D eigenvalue weighted by molar-refractivity contribution is 0.0572. The molecular formula is C13H16Cl2N2O3.